The molecule has 0 amide bonds. The first-order chi connectivity index (χ1) is 9.67. The van der Waals surface area contributed by atoms with Crippen molar-refractivity contribution in [2.24, 2.45) is 5.73 Å². The Bertz CT molecular complexity index is 364. The smallest absolute Gasteiger partial charge is 0.388 e. The molecule has 8 N–H and O–H groups in total. The van der Waals surface area contributed by atoms with E-state index in [4.69, 9.17) is 25.0 Å². The molecular formula is C9H20NO10P. The number of aliphatic hydroxyl groups is 4. The van der Waals surface area contributed by atoms with E-state index in [1.54, 1.807) is 0 Å². The molecule has 1 aliphatic rings. The average Bonchev–Trinajstić information content (AvgIpc) is 2.38. The number of ether oxygens (including phenoxy) is 2. The Labute approximate surface area is 120 Å². The minimum atomic E-state index is -5.01. The lowest BCUT2D eigenvalue weighted by molar-refractivity contribution is -0.293. The van der Waals surface area contributed by atoms with E-state index in [0.29, 0.717) is 0 Å². The zero-order valence-corrected chi connectivity index (χ0v) is 11.8. The van der Waals surface area contributed by atoms with Crippen LogP contribution in [0.3, 0.4) is 0 Å². The fraction of sp³-hybridized carbons (Fsp3) is 1.00. The van der Waals surface area contributed by atoms with Crippen LogP contribution in [0.2, 0.25) is 0 Å². The van der Waals surface area contributed by atoms with E-state index in [2.05, 4.69) is 4.52 Å². The summed E-state index contributed by atoms with van der Waals surface area (Å²) in [6.07, 6.45) is -10.3. The van der Waals surface area contributed by atoms with Crippen LogP contribution in [-0.2, 0) is 18.6 Å². The minimum Gasteiger partial charge on any atom is -0.388 e. The zero-order chi connectivity index (χ0) is 16.2. The molecule has 126 valence electrons. The maximum absolute atomic E-state index is 10.8. The average molecular weight is 333 g/mol. The number of aliphatic hydroxyl groups excluding tert-OH is 4. The monoisotopic (exact) mass is 333 g/mol. The second-order valence-electron chi connectivity index (χ2n) is 4.47. The summed E-state index contributed by atoms with van der Waals surface area (Å²) in [7, 11) is -5.01. The lowest BCUT2D eigenvalue weighted by Gasteiger charge is -2.41. The molecule has 21 heavy (non-hydrogen) atoms. The van der Waals surface area contributed by atoms with Gasteiger partial charge in [-0.15, -0.1) is 0 Å². The van der Waals surface area contributed by atoms with E-state index < -0.39 is 44.6 Å². The first kappa shape index (κ1) is 18.9. The topological polar surface area (TPSA) is 192 Å². The molecule has 0 aromatic carbocycles. The number of phosphoric ester groups is 1. The number of phosphoric acid groups is 1. The van der Waals surface area contributed by atoms with E-state index in [1.807, 2.05) is 0 Å². The first-order valence-corrected chi connectivity index (χ1v) is 7.60. The molecule has 0 aromatic heterocycles. The fourth-order valence-corrected chi connectivity index (χ4v) is 2.24. The first-order valence-electron chi connectivity index (χ1n) is 6.07. The molecule has 0 spiro atoms. The van der Waals surface area contributed by atoms with Gasteiger partial charge in [0.1, 0.15) is 30.5 Å². The fourth-order valence-electron chi connectivity index (χ4n) is 1.80. The molecule has 0 aliphatic carbocycles. The van der Waals surface area contributed by atoms with Crippen LogP contribution in [0.4, 0.5) is 0 Å². The molecule has 1 heterocycles. The molecular weight excluding hydrogens is 313 g/mol. The van der Waals surface area contributed by atoms with Crippen LogP contribution in [0.5, 0.6) is 0 Å². The molecule has 11 nitrogen and oxygen atoms in total. The van der Waals surface area contributed by atoms with Gasteiger partial charge in [0.2, 0.25) is 0 Å². The van der Waals surface area contributed by atoms with Gasteiger partial charge < -0.3 is 45.4 Å². The summed E-state index contributed by atoms with van der Waals surface area (Å²) in [6.45, 7) is 0.0317. The van der Waals surface area contributed by atoms with Crippen molar-refractivity contribution in [1.82, 2.24) is 0 Å². The van der Waals surface area contributed by atoms with Crippen LogP contribution >= 0.6 is 7.82 Å². The molecule has 0 aromatic rings. The summed E-state index contributed by atoms with van der Waals surface area (Å²) >= 11 is 0. The number of hydrogen-bond acceptors (Lipinski definition) is 9. The molecule has 0 bridgehead atoms. The molecule has 1 fully saturated rings. The number of hydrogen-bond donors (Lipinski definition) is 7. The largest absolute Gasteiger partial charge is 0.472 e. The van der Waals surface area contributed by atoms with Crippen molar-refractivity contribution in [3.05, 3.63) is 0 Å². The van der Waals surface area contributed by atoms with Gasteiger partial charge in [-0.2, -0.15) is 0 Å². The molecule has 0 unspecified atom stereocenters. The third-order valence-corrected chi connectivity index (χ3v) is 3.26. The van der Waals surface area contributed by atoms with Crippen LogP contribution in [0.25, 0.3) is 0 Å². The summed E-state index contributed by atoms with van der Waals surface area (Å²) < 4.78 is 24.8. The Morgan fingerprint density at radius 1 is 1.19 bits per heavy atom. The van der Waals surface area contributed by atoms with Crippen molar-refractivity contribution < 1.29 is 48.8 Å². The van der Waals surface area contributed by atoms with Gasteiger partial charge in [-0.05, 0) is 0 Å². The van der Waals surface area contributed by atoms with Gasteiger partial charge in [0, 0.05) is 6.54 Å². The summed E-state index contributed by atoms with van der Waals surface area (Å²) in [4.78, 5) is 17.4. The highest BCUT2D eigenvalue weighted by atomic mass is 31.2. The number of rotatable bonds is 7. The summed E-state index contributed by atoms with van der Waals surface area (Å²) in [5, 5.41) is 38.7. The summed E-state index contributed by atoms with van der Waals surface area (Å²) in [6, 6.07) is 0. The van der Waals surface area contributed by atoms with Crippen LogP contribution in [0.15, 0.2) is 0 Å². The maximum Gasteiger partial charge on any atom is 0.472 e. The lowest BCUT2D eigenvalue weighted by atomic mass is 9.96. The Hall–Kier alpha value is -0.170. The van der Waals surface area contributed by atoms with Crippen molar-refractivity contribution in [2.75, 3.05) is 19.8 Å². The van der Waals surface area contributed by atoms with Gasteiger partial charge in [-0.3, -0.25) is 4.52 Å². The summed E-state index contributed by atoms with van der Waals surface area (Å²) in [5.41, 5.74) is 5.19. The van der Waals surface area contributed by atoms with E-state index in [0.717, 1.165) is 0 Å². The third kappa shape index (κ3) is 5.51. The van der Waals surface area contributed by atoms with Crippen molar-refractivity contribution >= 4 is 7.82 Å². The van der Waals surface area contributed by atoms with E-state index in [-0.39, 0.29) is 19.8 Å². The van der Waals surface area contributed by atoms with Gasteiger partial charge in [-0.1, -0.05) is 0 Å². The van der Waals surface area contributed by atoms with E-state index >= 15 is 0 Å². The predicted molar refractivity (Wildman–Crippen MR) is 65.7 cm³/mol. The lowest BCUT2D eigenvalue weighted by Crippen LogP contribution is -2.61. The molecule has 0 radical (unpaired) electrons. The quantitative estimate of drug-likeness (QED) is 0.179. The second-order valence-corrected chi connectivity index (χ2v) is 5.66. The highest BCUT2D eigenvalue weighted by Crippen LogP contribution is 2.40. The Kier molecular flexibility index (Phi) is 7.10. The van der Waals surface area contributed by atoms with Crippen molar-refractivity contribution in [3.63, 3.8) is 0 Å². The third-order valence-electron chi connectivity index (χ3n) is 2.78. The standard InChI is InChI=1S/C9H20NO10P/c10-1-2-18-3-4(11)8-6(13)5(12)7(14)9(19-8)20-21(15,16)17/h4-9,11-14H,1-3,10H2,(H2,15,16,17)/t4-,5+,6+,7+,8-,9+/m1/s1. The Morgan fingerprint density at radius 2 is 1.81 bits per heavy atom. The maximum atomic E-state index is 10.8. The molecule has 1 saturated heterocycles. The second kappa shape index (κ2) is 7.90. The molecule has 1 aliphatic heterocycles. The van der Waals surface area contributed by atoms with Crippen molar-refractivity contribution in [1.29, 1.82) is 0 Å². The molecule has 0 saturated carbocycles. The summed E-state index contributed by atoms with van der Waals surface area (Å²) in [5.74, 6) is 0. The molecule has 6 atom stereocenters. The highest BCUT2D eigenvalue weighted by Gasteiger charge is 2.48. The molecule has 12 heteroatoms. The Morgan fingerprint density at radius 3 is 2.33 bits per heavy atom. The SMILES string of the molecule is NCCOC[C@@H](O)[C@H]1O[C@@H](OP(=O)(O)O)[C@@H](O)[C@@H](O)[C@@H]1O. The minimum absolute atomic E-state index is 0.132. The number of nitrogens with two attached hydrogens (primary N) is 1. The van der Waals surface area contributed by atoms with Crippen molar-refractivity contribution in [2.45, 2.75) is 36.8 Å². The zero-order valence-electron chi connectivity index (χ0n) is 10.9. The van der Waals surface area contributed by atoms with E-state index in [9.17, 15) is 25.0 Å². The van der Waals surface area contributed by atoms with Crippen LogP contribution in [0.1, 0.15) is 0 Å². The van der Waals surface area contributed by atoms with Crippen LogP contribution in [-0.4, -0.2) is 86.8 Å². The van der Waals surface area contributed by atoms with Gasteiger partial charge in [0.25, 0.3) is 0 Å². The van der Waals surface area contributed by atoms with Gasteiger partial charge in [0.05, 0.1) is 13.2 Å². The predicted octanol–water partition coefficient (Wildman–Crippen LogP) is -3.76. The van der Waals surface area contributed by atoms with Gasteiger partial charge in [0.15, 0.2) is 6.29 Å². The van der Waals surface area contributed by atoms with Crippen molar-refractivity contribution in [3.8, 4) is 0 Å². The highest BCUT2D eigenvalue weighted by molar-refractivity contribution is 7.46. The van der Waals surface area contributed by atoms with Gasteiger partial charge >= 0.3 is 7.82 Å². The normalized spacial score (nSPS) is 35.7. The Balaban J connectivity index is 2.72. The van der Waals surface area contributed by atoms with Crippen LogP contribution < -0.4 is 5.73 Å². The van der Waals surface area contributed by atoms with Crippen LogP contribution in [0, 0.1) is 0 Å². The molecule has 1 rings (SSSR count). The van der Waals surface area contributed by atoms with Gasteiger partial charge in [-0.25, -0.2) is 4.57 Å². The van der Waals surface area contributed by atoms with E-state index in [1.165, 1.54) is 0 Å².